The summed E-state index contributed by atoms with van der Waals surface area (Å²) < 4.78 is 27.8. The second-order valence-corrected chi connectivity index (χ2v) is 8.11. The minimum Gasteiger partial charge on any atom is -0.449 e. The van der Waals surface area contributed by atoms with Crippen LogP contribution in [0.15, 0.2) is 83.8 Å². The van der Waals surface area contributed by atoms with Gasteiger partial charge in [-0.15, -0.1) is 0 Å². The average molecular weight is 424 g/mol. The Morgan fingerprint density at radius 1 is 0.867 bits per heavy atom. The molecular weight excluding hydrogens is 404 g/mol. The Hall–Kier alpha value is -3.49. The van der Waals surface area contributed by atoms with Crippen molar-refractivity contribution in [2.45, 2.75) is 17.9 Å². The lowest BCUT2D eigenvalue weighted by molar-refractivity contribution is -0.123. The summed E-state index contributed by atoms with van der Waals surface area (Å²) in [6.07, 6.45) is -1.05. The van der Waals surface area contributed by atoms with Crippen LogP contribution in [-0.4, -0.2) is 26.4 Å². The van der Waals surface area contributed by atoms with Gasteiger partial charge in [0, 0.05) is 5.69 Å². The van der Waals surface area contributed by atoms with Gasteiger partial charge in [-0.05, 0) is 54.4 Å². The fourth-order valence-electron chi connectivity index (χ4n) is 2.68. The molecule has 0 spiro atoms. The number of amides is 1. The first-order valence-electron chi connectivity index (χ1n) is 9.04. The highest BCUT2D eigenvalue weighted by atomic mass is 32.2. The average Bonchev–Trinajstić information content (AvgIpc) is 2.74. The molecule has 0 saturated heterocycles. The van der Waals surface area contributed by atoms with Gasteiger partial charge >= 0.3 is 5.97 Å². The zero-order valence-electron chi connectivity index (χ0n) is 16.1. The fourth-order valence-corrected chi connectivity index (χ4v) is 3.20. The second kappa shape index (κ2) is 8.89. The molecule has 7 nitrogen and oxygen atoms in total. The van der Waals surface area contributed by atoms with Gasteiger partial charge in [0.1, 0.15) is 0 Å². The van der Waals surface area contributed by atoms with Crippen molar-refractivity contribution < 1.29 is 22.7 Å². The second-order valence-electron chi connectivity index (χ2n) is 6.55. The first-order chi connectivity index (χ1) is 14.2. The van der Waals surface area contributed by atoms with Crippen molar-refractivity contribution in [3.05, 3.63) is 84.4 Å². The number of esters is 1. The van der Waals surface area contributed by atoms with E-state index in [0.29, 0.717) is 11.3 Å². The zero-order chi connectivity index (χ0) is 21.7. The Kier molecular flexibility index (Phi) is 6.29. The van der Waals surface area contributed by atoms with Crippen LogP contribution in [0.25, 0.3) is 11.1 Å². The third kappa shape index (κ3) is 5.31. The monoisotopic (exact) mass is 424 g/mol. The Morgan fingerprint density at radius 2 is 1.43 bits per heavy atom. The number of nitrogens with two attached hydrogens (primary N) is 1. The predicted octanol–water partition coefficient (Wildman–Crippen LogP) is 3.18. The quantitative estimate of drug-likeness (QED) is 0.590. The Labute approximate surface area is 174 Å². The van der Waals surface area contributed by atoms with Crippen molar-refractivity contribution in [3.63, 3.8) is 0 Å². The molecule has 1 amide bonds. The standard InChI is InChI=1S/C22H20N2O5S/c1-15(21(25)24-19-11-13-20(14-12-19)30(23,27)28)29-22(26)18-9-7-17(8-10-18)16-5-3-2-4-6-16/h2-15H,1H3,(H,24,25)(H2,23,27,28)/t15-/m1/s1. The molecule has 154 valence electrons. The summed E-state index contributed by atoms with van der Waals surface area (Å²) in [7, 11) is -3.81. The van der Waals surface area contributed by atoms with Crippen molar-refractivity contribution in [1.82, 2.24) is 0 Å². The molecule has 8 heteroatoms. The van der Waals surface area contributed by atoms with E-state index >= 15 is 0 Å². The molecule has 3 rings (SSSR count). The van der Waals surface area contributed by atoms with Gasteiger partial charge in [0.2, 0.25) is 10.0 Å². The molecule has 0 saturated carbocycles. The summed E-state index contributed by atoms with van der Waals surface area (Å²) in [4.78, 5) is 24.5. The fraction of sp³-hybridized carbons (Fsp3) is 0.0909. The third-order valence-corrected chi connectivity index (χ3v) is 5.26. The topological polar surface area (TPSA) is 116 Å². The number of sulfonamides is 1. The maximum Gasteiger partial charge on any atom is 0.338 e. The van der Waals surface area contributed by atoms with Gasteiger partial charge in [-0.1, -0.05) is 42.5 Å². The summed E-state index contributed by atoms with van der Waals surface area (Å²) >= 11 is 0. The molecule has 0 heterocycles. The number of hydrogen-bond donors (Lipinski definition) is 2. The van der Waals surface area contributed by atoms with Crippen molar-refractivity contribution in [3.8, 4) is 11.1 Å². The van der Waals surface area contributed by atoms with Crippen molar-refractivity contribution >= 4 is 27.6 Å². The Morgan fingerprint density at radius 3 is 2.00 bits per heavy atom. The molecule has 0 aromatic heterocycles. The minimum absolute atomic E-state index is 0.0704. The van der Waals surface area contributed by atoms with E-state index in [2.05, 4.69) is 5.32 Å². The van der Waals surface area contributed by atoms with Crippen molar-refractivity contribution in [2.75, 3.05) is 5.32 Å². The number of hydrogen-bond acceptors (Lipinski definition) is 5. The SMILES string of the molecule is C[C@@H](OC(=O)c1ccc(-c2ccccc2)cc1)C(=O)Nc1ccc(S(N)(=O)=O)cc1. The largest absolute Gasteiger partial charge is 0.449 e. The highest BCUT2D eigenvalue weighted by Gasteiger charge is 2.19. The van der Waals surface area contributed by atoms with Gasteiger partial charge in [-0.3, -0.25) is 4.79 Å². The third-order valence-electron chi connectivity index (χ3n) is 4.33. The molecule has 0 bridgehead atoms. The van der Waals surface area contributed by atoms with E-state index in [1.807, 2.05) is 42.5 Å². The van der Waals surface area contributed by atoms with E-state index in [4.69, 9.17) is 9.88 Å². The van der Waals surface area contributed by atoms with E-state index < -0.39 is 28.0 Å². The predicted molar refractivity (Wildman–Crippen MR) is 113 cm³/mol. The summed E-state index contributed by atoms with van der Waals surface area (Å²) in [5, 5.41) is 7.59. The number of primary sulfonamides is 1. The molecule has 1 atom stereocenters. The van der Waals surface area contributed by atoms with Crippen LogP contribution in [0.1, 0.15) is 17.3 Å². The number of carbonyl (C=O) groups excluding carboxylic acids is 2. The van der Waals surface area contributed by atoms with Gasteiger partial charge in [-0.25, -0.2) is 18.4 Å². The van der Waals surface area contributed by atoms with E-state index in [1.165, 1.54) is 31.2 Å². The summed E-state index contributed by atoms with van der Waals surface area (Å²) in [5.41, 5.74) is 2.66. The van der Waals surface area contributed by atoms with Crippen LogP contribution in [0.5, 0.6) is 0 Å². The van der Waals surface area contributed by atoms with Crippen LogP contribution in [0.3, 0.4) is 0 Å². The van der Waals surface area contributed by atoms with Crippen LogP contribution in [-0.2, 0) is 19.6 Å². The number of rotatable bonds is 6. The lowest BCUT2D eigenvalue weighted by atomic mass is 10.0. The maximum absolute atomic E-state index is 12.3. The number of ether oxygens (including phenoxy) is 1. The van der Waals surface area contributed by atoms with Gasteiger partial charge in [0.15, 0.2) is 6.10 Å². The zero-order valence-corrected chi connectivity index (χ0v) is 16.9. The number of benzene rings is 3. The molecule has 3 N–H and O–H groups in total. The first kappa shape index (κ1) is 21.2. The number of carbonyl (C=O) groups is 2. The normalized spacial score (nSPS) is 12.1. The Balaban J connectivity index is 1.60. The molecule has 0 aliphatic rings. The lowest BCUT2D eigenvalue weighted by Crippen LogP contribution is -2.30. The molecule has 0 unspecified atom stereocenters. The maximum atomic E-state index is 12.3. The molecule has 30 heavy (non-hydrogen) atoms. The summed E-state index contributed by atoms with van der Waals surface area (Å²) in [5.74, 6) is -1.17. The smallest absolute Gasteiger partial charge is 0.338 e. The van der Waals surface area contributed by atoms with Crippen LogP contribution in [0, 0.1) is 0 Å². The summed E-state index contributed by atoms with van der Waals surface area (Å²) in [6, 6.07) is 22.0. The Bertz CT molecular complexity index is 1140. The van der Waals surface area contributed by atoms with Gasteiger partial charge in [0.25, 0.3) is 5.91 Å². The molecule has 0 radical (unpaired) electrons. The van der Waals surface area contributed by atoms with Crippen LogP contribution in [0.2, 0.25) is 0 Å². The molecule has 0 fully saturated rings. The highest BCUT2D eigenvalue weighted by molar-refractivity contribution is 7.89. The van der Waals surface area contributed by atoms with Crippen LogP contribution >= 0.6 is 0 Å². The molecule has 0 aliphatic heterocycles. The van der Waals surface area contributed by atoms with Crippen LogP contribution < -0.4 is 10.5 Å². The molecule has 3 aromatic rings. The van der Waals surface area contributed by atoms with Crippen LogP contribution in [0.4, 0.5) is 5.69 Å². The molecule has 0 aliphatic carbocycles. The number of nitrogens with one attached hydrogen (secondary N) is 1. The van der Waals surface area contributed by atoms with Crippen molar-refractivity contribution in [1.29, 1.82) is 0 Å². The van der Waals surface area contributed by atoms with E-state index in [0.717, 1.165) is 11.1 Å². The molecular formula is C22H20N2O5S. The highest BCUT2D eigenvalue weighted by Crippen LogP contribution is 2.20. The number of anilines is 1. The summed E-state index contributed by atoms with van der Waals surface area (Å²) in [6.45, 7) is 1.45. The van der Waals surface area contributed by atoms with Crippen molar-refractivity contribution in [2.24, 2.45) is 5.14 Å². The van der Waals surface area contributed by atoms with Gasteiger partial charge in [-0.2, -0.15) is 0 Å². The van der Waals surface area contributed by atoms with E-state index in [-0.39, 0.29) is 4.90 Å². The minimum atomic E-state index is -3.81. The van der Waals surface area contributed by atoms with Gasteiger partial charge in [0.05, 0.1) is 10.5 Å². The van der Waals surface area contributed by atoms with Gasteiger partial charge < -0.3 is 10.1 Å². The lowest BCUT2D eigenvalue weighted by Gasteiger charge is -2.14. The first-order valence-corrected chi connectivity index (χ1v) is 10.6. The molecule has 3 aromatic carbocycles. The van der Waals surface area contributed by atoms with E-state index in [1.54, 1.807) is 12.1 Å². The van der Waals surface area contributed by atoms with E-state index in [9.17, 15) is 18.0 Å².